The molecule has 0 heterocycles. The number of aryl methyl sites for hydroxylation is 2. The van der Waals surface area contributed by atoms with E-state index >= 15 is 0 Å². The Morgan fingerprint density at radius 1 is 0.878 bits per heavy atom. The van der Waals surface area contributed by atoms with Gasteiger partial charge >= 0.3 is 0 Å². The van der Waals surface area contributed by atoms with E-state index in [0.717, 1.165) is 42.4 Å². The van der Waals surface area contributed by atoms with Gasteiger partial charge in [0.15, 0.2) is 0 Å². The molecule has 0 spiro atoms. The maximum absolute atomic E-state index is 14.3. The molecule has 7 nitrogen and oxygen atoms in total. The molecule has 2 amide bonds. The summed E-state index contributed by atoms with van der Waals surface area (Å²) in [7, 11) is -4.08. The van der Waals surface area contributed by atoms with E-state index in [1.165, 1.54) is 16.4 Å². The first-order valence-electron chi connectivity index (χ1n) is 14.6. The number of hydrogen-bond donors (Lipinski definition) is 1. The van der Waals surface area contributed by atoms with Gasteiger partial charge in [-0.1, -0.05) is 87.4 Å². The average Bonchev–Trinajstić information content (AvgIpc) is 3.50. The predicted octanol–water partition coefficient (Wildman–Crippen LogP) is 5.62. The zero-order chi connectivity index (χ0) is 29.4. The molecule has 1 fully saturated rings. The number of anilines is 1. The summed E-state index contributed by atoms with van der Waals surface area (Å²) in [6, 6.07) is 22.6. The molecule has 1 atom stereocenters. The van der Waals surface area contributed by atoms with Gasteiger partial charge in [0.2, 0.25) is 11.8 Å². The van der Waals surface area contributed by atoms with Crippen LogP contribution in [0.5, 0.6) is 0 Å². The Labute approximate surface area is 244 Å². The fourth-order valence-electron chi connectivity index (χ4n) is 5.54. The van der Waals surface area contributed by atoms with E-state index in [2.05, 4.69) is 5.32 Å². The molecule has 1 unspecified atom stereocenters. The van der Waals surface area contributed by atoms with Gasteiger partial charge in [-0.15, -0.1) is 0 Å². The third kappa shape index (κ3) is 7.17. The molecule has 1 aliphatic rings. The Bertz CT molecular complexity index is 1440. The van der Waals surface area contributed by atoms with E-state index in [1.54, 1.807) is 35.2 Å². The summed E-state index contributed by atoms with van der Waals surface area (Å²) < 4.78 is 29.3. The first kappa shape index (κ1) is 30.3. The summed E-state index contributed by atoms with van der Waals surface area (Å²) in [6.45, 7) is 5.60. The molecule has 3 aromatic rings. The lowest BCUT2D eigenvalue weighted by atomic mass is 10.1. The van der Waals surface area contributed by atoms with E-state index in [4.69, 9.17) is 0 Å². The minimum absolute atomic E-state index is 0.107. The number of sulfonamides is 1. The fourth-order valence-corrected chi connectivity index (χ4v) is 7.02. The van der Waals surface area contributed by atoms with Crippen LogP contribution in [-0.4, -0.2) is 43.8 Å². The number of nitrogens with one attached hydrogen (secondary N) is 1. The molecule has 0 saturated heterocycles. The van der Waals surface area contributed by atoms with Crippen LogP contribution in [-0.2, 0) is 32.6 Å². The SMILES string of the molecule is CCc1ccccc1N(CC(=O)N(Cc1ccccc1C)C(CC)C(=O)NC1CCCC1)S(=O)(=O)c1ccccc1. The predicted molar refractivity (Wildman–Crippen MR) is 163 cm³/mol. The Morgan fingerprint density at radius 3 is 2.12 bits per heavy atom. The third-order valence-corrected chi connectivity index (χ3v) is 9.71. The van der Waals surface area contributed by atoms with Crippen LogP contribution >= 0.6 is 0 Å². The summed E-state index contributed by atoms with van der Waals surface area (Å²) in [5, 5.41) is 3.16. The summed E-state index contributed by atoms with van der Waals surface area (Å²) in [5.74, 6) is -0.611. The molecule has 0 aromatic heterocycles. The highest BCUT2D eigenvalue weighted by Gasteiger charge is 2.35. The number of rotatable bonds is 12. The van der Waals surface area contributed by atoms with E-state index in [0.29, 0.717) is 18.5 Å². The van der Waals surface area contributed by atoms with Crippen LogP contribution in [0.3, 0.4) is 0 Å². The number of para-hydroxylation sites is 1. The second-order valence-corrected chi connectivity index (χ2v) is 12.5. The molecule has 4 rings (SSSR count). The molecule has 41 heavy (non-hydrogen) atoms. The van der Waals surface area contributed by atoms with Crippen molar-refractivity contribution in [3.05, 3.63) is 95.6 Å². The van der Waals surface area contributed by atoms with Crippen LogP contribution in [0, 0.1) is 6.92 Å². The highest BCUT2D eigenvalue weighted by molar-refractivity contribution is 7.92. The number of carbonyl (C=O) groups is 2. The van der Waals surface area contributed by atoms with Gasteiger partial charge in [-0.3, -0.25) is 13.9 Å². The van der Waals surface area contributed by atoms with Gasteiger partial charge in [-0.25, -0.2) is 8.42 Å². The van der Waals surface area contributed by atoms with Crippen molar-refractivity contribution in [2.75, 3.05) is 10.8 Å². The Balaban J connectivity index is 1.74. The van der Waals surface area contributed by atoms with Crippen molar-refractivity contribution in [1.82, 2.24) is 10.2 Å². The van der Waals surface area contributed by atoms with Crippen molar-refractivity contribution in [1.29, 1.82) is 0 Å². The summed E-state index contributed by atoms with van der Waals surface area (Å²) in [6.07, 6.45) is 5.04. The van der Waals surface area contributed by atoms with E-state index in [1.807, 2.05) is 57.2 Å². The van der Waals surface area contributed by atoms with Gasteiger partial charge in [-0.05, 0) is 67.5 Å². The zero-order valence-corrected chi connectivity index (χ0v) is 25.1. The molecule has 0 bridgehead atoms. The second kappa shape index (κ2) is 13.8. The molecule has 0 aliphatic heterocycles. The van der Waals surface area contributed by atoms with Gasteiger partial charge in [-0.2, -0.15) is 0 Å². The Kier molecular flexibility index (Phi) is 10.2. The van der Waals surface area contributed by atoms with Gasteiger partial charge < -0.3 is 10.2 Å². The molecule has 8 heteroatoms. The highest BCUT2D eigenvalue weighted by Crippen LogP contribution is 2.28. The Morgan fingerprint density at radius 2 is 1.49 bits per heavy atom. The molecule has 1 saturated carbocycles. The van der Waals surface area contributed by atoms with Gasteiger partial charge in [0.05, 0.1) is 10.6 Å². The van der Waals surface area contributed by atoms with Gasteiger partial charge in [0.25, 0.3) is 10.0 Å². The Hall–Kier alpha value is -3.65. The summed E-state index contributed by atoms with van der Waals surface area (Å²) >= 11 is 0. The van der Waals surface area contributed by atoms with Crippen molar-refractivity contribution in [3.63, 3.8) is 0 Å². The number of hydrogen-bond acceptors (Lipinski definition) is 4. The second-order valence-electron chi connectivity index (χ2n) is 10.7. The van der Waals surface area contributed by atoms with Crippen molar-refractivity contribution in [2.45, 2.75) is 82.8 Å². The monoisotopic (exact) mass is 575 g/mol. The molecule has 1 N–H and O–H groups in total. The quantitative estimate of drug-likeness (QED) is 0.304. The number of amides is 2. The first-order chi connectivity index (χ1) is 19.8. The maximum Gasteiger partial charge on any atom is 0.264 e. The zero-order valence-electron chi connectivity index (χ0n) is 24.3. The standard InChI is InChI=1S/C33H41N3O4S/c1-4-26-16-11-14-22-31(26)36(41(39,40)29-20-7-6-8-21-29)24-32(37)35(23-27-17-10-9-15-25(27)3)30(5-2)33(38)34-28-18-12-13-19-28/h6-11,14-17,20-22,28,30H,4-5,12-13,18-19,23-24H2,1-3H3,(H,34,38). The number of benzene rings is 3. The van der Waals surface area contributed by atoms with Crippen molar-refractivity contribution in [2.24, 2.45) is 0 Å². The van der Waals surface area contributed by atoms with Gasteiger partial charge in [0.1, 0.15) is 12.6 Å². The number of carbonyl (C=O) groups excluding carboxylic acids is 2. The maximum atomic E-state index is 14.3. The third-order valence-electron chi connectivity index (χ3n) is 7.94. The topological polar surface area (TPSA) is 86.8 Å². The lowest BCUT2D eigenvalue weighted by molar-refractivity contribution is -0.140. The van der Waals surface area contributed by atoms with Crippen LogP contribution in [0.25, 0.3) is 0 Å². The minimum atomic E-state index is -4.08. The van der Waals surface area contributed by atoms with Crippen LogP contribution in [0.2, 0.25) is 0 Å². The lowest BCUT2D eigenvalue weighted by Gasteiger charge is -2.34. The van der Waals surface area contributed by atoms with Gasteiger partial charge in [0, 0.05) is 12.6 Å². The summed E-state index contributed by atoms with van der Waals surface area (Å²) in [4.78, 5) is 29.6. The van der Waals surface area contributed by atoms with Crippen LogP contribution < -0.4 is 9.62 Å². The minimum Gasteiger partial charge on any atom is -0.352 e. The van der Waals surface area contributed by atoms with Crippen molar-refractivity contribution < 1.29 is 18.0 Å². The number of nitrogens with zero attached hydrogens (tertiary/aromatic N) is 2. The van der Waals surface area contributed by atoms with E-state index in [-0.39, 0.29) is 23.4 Å². The molecule has 3 aromatic carbocycles. The lowest BCUT2D eigenvalue weighted by Crippen LogP contribution is -2.53. The van der Waals surface area contributed by atoms with E-state index in [9.17, 15) is 18.0 Å². The fraction of sp³-hybridized carbons (Fsp3) is 0.394. The van der Waals surface area contributed by atoms with E-state index < -0.39 is 28.5 Å². The average molecular weight is 576 g/mol. The van der Waals surface area contributed by atoms with Crippen LogP contribution in [0.4, 0.5) is 5.69 Å². The van der Waals surface area contributed by atoms with Crippen molar-refractivity contribution in [3.8, 4) is 0 Å². The van der Waals surface area contributed by atoms with Crippen LogP contribution in [0.1, 0.15) is 62.6 Å². The largest absolute Gasteiger partial charge is 0.352 e. The highest BCUT2D eigenvalue weighted by atomic mass is 32.2. The normalized spacial score (nSPS) is 14.4. The molecular weight excluding hydrogens is 534 g/mol. The molecular formula is C33H41N3O4S. The van der Waals surface area contributed by atoms with Crippen LogP contribution in [0.15, 0.2) is 83.8 Å². The first-order valence-corrected chi connectivity index (χ1v) is 16.0. The van der Waals surface area contributed by atoms with Crippen molar-refractivity contribution >= 4 is 27.5 Å². The molecule has 1 aliphatic carbocycles. The molecule has 218 valence electrons. The smallest absolute Gasteiger partial charge is 0.264 e. The summed E-state index contributed by atoms with van der Waals surface area (Å²) in [5.41, 5.74) is 3.20. The molecule has 0 radical (unpaired) electrons.